The molecule has 9 heteroatoms. The van der Waals surface area contributed by atoms with Gasteiger partial charge in [0.2, 0.25) is 10.0 Å². The summed E-state index contributed by atoms with van der Waals surface area (Å²) in [5.41, 5.74) is -0.424. The second-order valence-corrected chi connectivity index (χ2v) is 7.76. The monoisotopic (exact) mass is 385 g/mol. The molecule has 0 spiro atoms. The predicted octanol–water partition coefficient (Wildman–Crippen LogP) is 3.43. The van der Waals surface area contributed by atoms with E-state index in [4.69, 9.17) is 5.11 Å². The van der Waals surface area contributed by atoms with Crippen LogP contribution in [0.4, 0.5) is 13.2 Å². The molecular weight excluding hydrogens is 371 g/mol. The molecule has 0 aromatic heterocycles. The van der Waals surface area contributed by atoms with Crippen molar-refractivity contribution in [1.29, 1.82) is 0 Å². The summed E-state index contributed by atoms with van der Waals surface area (Å²) in [7, 11) is -4.00. The van der Waals surface area contributed by atoms with Crippen LogP contribution in [0.3, 0.4) is 0 Å². The van der Waals surface area contributed by atoms with Crippen molar-refractivity contribution in [1.82, 2.24) is 4.31 Å². The number of hydrogen-bond acceptors (Lipinski definition) is 3. The fourth-order valence-corrected chi connectivity index (χ4v) is 4.89. The molecule has 1 N–H and O–H groups in total. The second-order valence-electron chi connectivity index (χ2n) is 5.90. The zero-order valence-electron chi connectivity index (χ0n) is 13.3. The first-order chi connectivity index (χ1) is 12.1. The lowest BCUT2D eigenvalue weighted by molar-refractivity contribution is -0.138. The van der Waals surface area contributed by atoms with E-state index in [-0.39, 0.29) is 17.0 Å². The molecule has 1 aliphatic heterocycles. The fourth-order valence-electron chi connectivity index (χ4n) is 3.04. The Morgan fingerprint density at radius 2 is 1.81 bits per heavy atom. The van der Waals surface area contributed by atoms with Crippen LogP contribution in [0.2, 0.25) is 0 Å². The summed E-state index contributed by atoms with van der Waals surface area (Å²) < 4.78 is 65.2. The van der Waals surface area contributed by atoms with Crippen molar-refractivity contribution >= 4 is 16.0 Å². The van der Waals surface area contributed by atoms with E-state index in [0.29, 0.717) is 5.56 Å². The van der Waals surface area contributed by atoms with Crippen LogP contribution in [0.5, 0.6) is 0 Å². The Balaban J connectivity index is 2.02. The Morgan fingerprint density at radius 3 is 2.46 bits per heavy atom. The first kappa shape index (κ1) is 18.4. The molecule has 26 heavy (non-hydrogen) atoms. The van der Waals surface area contributed by atoms with Crippen molar-refractivity contribution in [2.24, 2.45) is 0 Å². The third-order valence-electron chi connectivity index (χ3n) is 4.17. The number of aliphatic carboxylic acids is 1. The van der Waals surface area contributed by atoms with Crippen LogP contribution in [0.1, 0.15) is 29.2 Å². The average molecular weight is 385 g/mol. The molecule has 0 radical (unpaired) electrons. The number of sulfonamides is 1. The van der Waals surface area contributed by atoms with Gasteiger partial charge in [0.1, 0.15) is 0 Å². The number of nitrogens with zero attached hydrogens (tertiary/aromatic N) is 1. The minimum Gasteiger partial charge on any atom is -0.481 e. The molecule has 5 nitrogen and oxygen atoms in total. The lowest BCUT2D eigenvalue weighted by atomic mass is 10.0. The van der Waals surface area contributed by atoms with Crippen LogP contribution in [0.25, 0.3) is 0 Å². The van der Waals surface area contributed by atoms with Gasteiger partial charge in [0.25, 0.3) is 0 Å². The molecule has 2 aromatic rings. The topological polar surface area (TPSA) is 74.7 Å². The largest absolute Gasteiger partial charge is 0.481 e. The highest BCUT2D eigenvalue weighted by atomic mass is 32.2. The van der Waals surface area contributed by atoms with E-state index in [1.165, 1.54) is 30.3 Å². The molecule has 2 aromatic carbocycles. The van der Waals surface area contributed by atoms with E-state index in [1.54, 1.807) is 6.07 Å². The van der Waals surface area contributed by atoms with Gasteiger partial charge in [0, 0.05) is 6.54 Å². The second kappa shape index (κ2) is 6.40. The molecule has 0 unspecified atom stereocenters. The number of carboxylic acid groups (broad SMARTS) is 1. The summed E-state index contributed by atoms with van der Waals surface area (Å²) in [6, 6.07) is 9.37. The van der Waals surface area contributed by atoms with Crippen molar-refractivity contribution in [3.8, 4) is 0 Å². The number of alkyl halides is 3. The lowest BCUT2D eigenvalue weighted by Crippen LogP contribution is -2.29. The van der Waals surface area contributed by atoms with E-state index in [0.717, 1.165) is 16.4 Å². The van der Waals surface area contributed by atoms with Gasteiger partial charge in [0.05, 0.1) is 22.9 Å². The van der Waals surface area contributed by atoms with Gasteiger partial charge < -0.3 is 5.11 Å². The lowest BCUT2D eigenvalue weighted by Gasteiger charge is -2.22. The van der Waals surface area contributed by atoms with Crippen molar-refractivity contribution in [3.63, 3.8) is 0 Å². The molecule has 138 valence electrons. The van der Waals surface area contributed by atoms with E-state index in [1.807, 2.05) is 0 Å². The van der Waals surface area contributed by atoms with Crippen LogP contribution in [0.15, 0.2) is 53.4 Å². The van der Waals surface area contributed by atoms with E-state index in [2.05, 4.69) is 0 Å². The van der Waals surface area contributed by atoms with Gasteiger partial charge in [-0.25, -0.2) is 8.42 Å². The molecule has 1 atom stereocenters. The number of benzene rings is 2. The SMILES string of the molecule is O=C(O)C[C@H]1c2ccccc2S(=O)(=O)N1Cc1cccc(C(F)(F)F)c1. The smallest absolute Gasteiger partial charge is 0.416 e. The predicted molar refractivity (Wildman–Crippen MR) is 85.6 cm³/mol. The summed E-state index contributed by atoms with van der Waals surface area (Å²) in [6.07, 6.45) is -5.03. The normalized spacial score (nSPS) is 19.3. The highest BCUT2D eigenvalue weighted by molar-refractivity contribution is 7.89. The number of fused-ring (bicyclic) bond motifs is 1. The Morgan fingerprint density at radius 1 is 1.12 bits per heavy atom. The number of halogens is 3. The van der Waals surface area contributed by atoms with Gasteiger partial charge in [-0.05, 0) is 23.3 Å². The Kier molecular flexibility index (Phi) is 4.53. The minimum absolute atomic E-state index is 0.0155. The zero-order chi connectivity index (χ0) is 19.1. The van der Waals surface area contributed by atoms with Crippen LogP contribution in [-0.4, -0.2) is 23.8 Å². The number of carbonyl (C=O) groups is 1. The standard InChI is InChI=1S/C17H14F3NO4S/c18-17(19,20)12-5-3-4-11(8-12)10-21-14(9-16(22)23)13-6-1-2-7-15(13)26(21,24)25/h1-8,14H,9-10H2,(H,22,23)/t14-/m0/s1. The average Bonchev–Trinajstić information content (AvgIpc) is 2.76. The zero-order valence-corrected chi connectivity index (χ0v) is 14.1. The van der Waals surface area contributed by atoms with Gasteiger partial charge in [0.15, 0.2) is 0 Å². The maximum atomic E-state index is 12.9. The van der Waals surface area contributed by atoms with E-state index >= 15 is 0 Å². The summed E-state index contributed by atoms with van der Waals surface area (Å²) in [5, 5.41) is 9.13. The van der Waals surface area contributed by atoms with Crippen LogP contribution in [-0.2, 0) is 27.5 Å². The molecule has 3 rings (SSSR count). The number of hydrogen-bond donors (Lipinski definition) is 1. The Bertz CT molecular complexity index is 956. The van der Waals surface area contributed by atoms with E-state index < -0.39 is 40.2 Å². The summed E-state index contributed by atoms with van der Waals surface area (Å²) in [4.78, 5) is 11.2. The van der Waals surface area contributed by atoms with Crippen LogP contribution < -0.4 is 0 Å². The quantitative estimate of drug-likeness (QED) is 0.875. The molecular formula is C17H14F3NO4S. The third kappa shape index (κ3) is 3.32. The number of rotatable bonds is 4. The minimum atomic E-state index is -4.55. The van der Waals surface area contributed by atoms with Crippen molar-refractivity contribution in [2.75, 3.05) is 0 Å². The highest BCUT2D eigenvalue weighted by Gasteiger charge is 2.43. The Hall–Kier alpha value is -2.39. The fraction of sp³-hybridized carbons (Fsp3) is 0.235. The number of carboxylic acids is 1. The van der Waals surface area contributed by atoms with Crippen molar-refractivity contribution < 1.29 is 31.5 Å². The third-order valence-corrected chi connectivity index (χ3v) is 6.10. The van der Waals surface area contributed by atoms with Crippen LogP contribution in [0, 0.1) is 0 Å². The first-order valence-corrected chi connectivity index (χ1v) is 9.03. The highest BCUT2D eigenvalue weighted by Crippen LogP contribution is 2.42. The molecule has 0 bridgehead atoms. The van der Waals surface area contributed by atoms with Crippen molar-refractivity contribution in [3.05, 3.63) is 65.2 Å². The molecule has 1 aliphatic rings. The molecule has 0 saturated carbocycles. The molecule has 1 heterocycles. The summed E-state index contributed by atoms with van der Waals surface area (Å²) in [6.45, 7) is -0.348. The maximum absolute atomic E-state index is 12.9. The van der Waals surface area contributed by atoms with Gasteiger partial charge in [-0.1, -0.05) is 36.4 Å². The first-order valence-electron chi connectivity index (χ1n) is 7.59. The maximum Gasteiger partial charge on any atom is 0.416 e. The molecule has 0 aliphatic carbocycles. The van der Waals surface area contributed by atoms with Gasteiger partial charge in [-0.2, -0.15) is 17.5 Å². The Labute approximate surface area is 147 Å². The van der Waals surface area contributed by atoms with Gasteiger partial charge in [-0.15, -0.1) is 0 Å². The molecule has 0 amide bonds. The molecule has 0 saturated heterocycles. The van der Waals surface area contributed by atoms with Gasteiger partial charge >= 0.3 is 12.1 Å². The van der Waals surface area contributed by atoms with Crippen LogP contribution >= 0.6 is 0 Å². The summed E-state index contributed by atoms with van der Waals surface area (Å²) in [5.74, 6) is -1.20. The molecule has 0 fully saturated rings. The summed E-state index contributed by atoms with van der Waals surface area (Å²) >= 11 is 0. The van der Waals surface area contributed by atoms with E-state index in [9.17, 15) is 26.4 Å². The van der Waals surface area contributed by atoms with Crippen molar-refractivity contribution in [2.45, 2.75) is 30.1 Å². The van der Waals surface area contributed by atoms with Gasteiger partial charge in [-0.3, -0.25) is 4.79 Å².